The van der Waals surface area contributed by atoms with Crippen molar-refractivity contribution in [3.8, 4) is 34.5 Å². The number of para-hydroxylation sites is 2. The minimum atomic E-state index is -0.816. The second-order valence-electron chi connectivity index (χ2n) is 14.0. The van der Waals surface area contributed by atoms with Crippen LogP contribution in [0, 0.1) is 0 Å². The maximum absolute atomic E-state index is 13.1. The fourth-order valence-electron chi connectivity index (χ4n) is 5.94. The molecule has 358 valence electrons. The second-order valence-corrected chi connectivity index (χ2v) is 14.6. The van der Waals surface area contributed by atoms with Crippen LogP contribution in [0.3, 0.4) is 0 Å². The highest BCUT2D eigenvalue weighted by Gasteiger charge is 2.22. The van der Waals surface area contributed by atoms with E-state index >= 15 is 0 Å². The number of carbonyl (C=O) groups excluding carboxylic acids is 4. The number of nitrogens with zero attached hydrogens (tertiary/aromatic N) is 2. The molecule has 0 radical (unpaired) electrons. The van der Waals surface area contributed by atoms with Crippen molar-refractivity contribution in [2.75, 3.05) is 97.3 Å². The number of rotatable bonds is 27. The first-order chi connectivity index (χ1) is 32.3. The summed E-state index contributed by atoms with van der Waals surface area (Å²) in [5.41, 5.74) is 0.605. The predicted octanol–water partition coefficient (Wildman–Crippen LogP) is 2.31. The summed E-state index contributed by atoms with van der Waals surface area (Å²) < 4.78 is 16.5. The van der Waals surface area contributed by atoms with Gasteiger partial charge in [-0.25, -0.2) is 0 Å². The van der Waals surface area contributed by atoms with Crippen molar-refractivity contribution in [2.45, 2.75) is 0 Å². The first-order valence-electron chi connectivity index (χ1n) is 20.7. The summed E-state index contributed by atoms with van der Waals surface area (Å²) >= 11 is 9.87. The van der Waals surface area contributed by atoms with Crippen LogP contribution in [0.1, 0.15) is 41.4 Å². The Morgan fingerprint density at radius 3 is 1.33 bits per heavy atom. The van der Waals surface area contributed by atoms with Crippen LogP contribution in [0.25, 0.3) is 0 Å². The Bertz CT molecular complexity index is 2300. The van der Waals surface area contributed by atoms with Crippen LogP contribution in [-0.4, -0.2) is 161 Å². The van der Waals surface area contributed by atoms with Gasteiger partial charge in [-0.15, -0.1) is 0 Å². The summed E-state index contributed by atoms with van der Waals surface area (Å²) in [5, 5.41) is 80.1. The number of amides is 4. The largest absolute Gasteiger partial charge is 0.504 e. The quantitative estimate of drug-likeness (QED) is 0.0177. The molecule has 12 N–H and O–H groups in total. The lowest BCUT2D eigenvalue weighted by molar-refractivity contribution is 0.0162. The number of phenolic OH excluding ortho intramolecular Hbond substituents is 6. The number of anilines is 1. The van der Waals surface area contributed by atoms with E-state index in [1.807, 2.05) is 12.1 Å². The van der Waals surface area contributed by atoms with Gasteiger partial charge in [-0.1, -0.05) is 12.1 Å². The molecular formula is C44H52N8O13S2. The highest BCUT2D eigenvalue weighted by molar-refractivity contribution is 7.80. The molecule has 0 unspecified atom stereocenters. The number of benzene rings is 4. The molecule has 0 aromatic heterocycles. The molecule has 0 fully saturated rings. The van der Waals surface area contributed by atoms with Gasteiger partial charge in [0.05, 0.1) is 72.7 Å². The van der Waals surface area contributed by atoms with E-state index in [0.29, 0.717) is 37.2 Å². The first-order valence-corrected chi connectivity index (χ1v) is 21.5. The van der Waals surface area contributed by atoms with Gasteiger partial charge in [0, 0.05) is 58.0 Å². The van der Waals surface area contributed by atoms with Crippen molar-refractivity contribution in [2.24, 2.45) is 4.99 Å². The Morgan fingerprint density at radius 1 is 0.507 bits per heavy atom. The van der Waals surface area contributed by atoms with E-state index in [9.17, 15) is 49.8 Å². The fraction of sp³-hybridized carbons (Fsp3) is 0.318. The zero-order chi connectivity index (χ0) is 48.6. The third-order valence-electron chi connectivity index (χ3n) is 9.41. The van der Waals surface area contributed by atoms with Crippen LogP contribution in [0.4, 0.5) is 11.4 Å². The smallest absolute Gasteiger partial charge is 0.255 e. The van der Waals surface area contributed by atoms with Gasteiger partial charge < -0.3 is 76.8 Å². The van der Waals surface area contributed by atoms with Gasteiger partial charge in [-0.2, -0.15) is 4.99 Å². The molecular weight excluding hydrogens is 913 g/mol. The number of hydrogen-bond donors (Lipinski definition) is 12. The highest BCUT2D eigenvalue weighted by Crippen LogP contribution is 2.33. The number of carbonyl (C=O) groups is 4. The van der Waals surface area contributed by atoms with Gasteiger partial charge in [-0.3, -0.25) is 24.1 Å². The average Bonchev–Trinajstić information content (AvgIpc) is 3.30. The van der Waals surface area contributed by atoms with E-state index in [4.69, 9.17) is 26.4 Å². The monoisotopic (exact) mass is 964 g/mol. The average molecular weight is 965 g/mol. The van der Waals surface area contributed by atoms with Gasteiger partial charge >= 0.3 is 0 Å². The molecule has 0 atom stereocenters. The molecule has 0 bridgehead atoms. The molecule has 0 spiro atoms. The molecule has 4 aromatic carbocycles. The number of aliphatic imine (C=N–C) groups is 1. The van der Waals surface area contributed by atoms with Crippen LogP contribution < -0.4 is 31.9 Å². The predicted molar refractivity (Wildman–Crippen MR) is 253 cm³/mol. The summed E-state index contributed by atoms with van der Waals surface area (Å²) in [6.45, 7) is 2.89. The molecule has 4 aromatic rings. The molecule has 0 saturated carbocycles. The van der Waals surface area contributed by atoms with Gasteiger partial charge in [0.15, 0.2) is 39.6 Å². The third kappa shape index (κ3) is 17.3. The fourth-order valence-corrected chi connectivity index (χ4v) is 6.26. The lowest BCUT2D eigenvalue weighted by Crippen LogP contribution is -2.43. The van der Waals surface area contributed by atoms with Gasteiger partial charge in [0.2, 0.25) is 0 Å². The first kappa shape index (κ1) is 52.5. The number of nitrogens with one attached hydrogen (secondary N) is 6. The van der Waals surface area contributed by atoms with Gasteiger partial charge in [-0.05, 0) is 85.1 Å². The normalized spacial score (nSPS) is 10.7. The van der Waals surface area contributed by atoms with Crippen molar-refractivity contribution in [3.05, 3.63) is 95.1 Å². The lowest BCUT2D eigenvalue weighted by Gasteiger charge is -2.23. The maximum atomic E-state index is 13.1. The number of aromatic hydroxyl groups is 6. The minimum Gasteiger partial charge on any atom is -0.504 e. The molecule has 0 saturated heterocycles. The zero-order valence-corrected chi connectivity index (χ0v) is 37.7. The Kier molecular flexibility index (Phi) is 22.0. The summed E-state index contributed by atoms with van der Waals surface area (Å²) in [5.74, 6) is -6.54. The van der Waals surface area contributed by atoms with E-state index in [0.717, 1.165) is 5.69 Å². The standard InChI is InChI=1S/C44H52N8O13S2/c53-34-5-1-3-30(36(34)55)40(59)45-13-18-52(19-14-46-41(60)31-4-2-6-35(54)37(31)56)20-15-47-42(61)32-11-12-33(39(58)38(32)57)43(62)48-16-21-63-23-25-65-26-24-64-22-17-49-44(67)51-29-9-7-28(8-10-29)50-27-66/h1-12,53-58H,13-26H2,(H,45,59)(H,46,60)(H,47,61)(H,48,62)(H2,49,51,67). The van der Waals surface area contributed by atoms with Crippen molar-refractivity contribution >= 4 is 69.7 Å². The summed E-state index contributed by atoms with van der Waals surface area (Å²) in [6.07, 6.45) is 0. The summed E-state index contributed by atoms with van der Waals surface area (Å²) in [7, 11) is 0. The summed E-state index contributed by atoms with van der Waals surface area (Å²) in [4.78, 5) is 56.8. The van der Waals surface area contributed by atoms with E-state index in [1.165, 1.54) is 48.5 Å². The number of hydrogen-bond acceptors (Lipinski definition) is 17. The van der Waals surface area contributed by atoms with Crippen molar-refractivity contribution < 1.29 is 64.0 Å². The van der Waals surface area contributed by atoms with Gasteiger partial charge in [0.1, 0.15) is 0 Å². The van der Waals surface area contributed by atoms with Crippen LogP contribution in [0.15, 0.2) is 77.8 Å². The van der Waals surface area contributed by atoms with Crippen LogP contribution >= 0.6 is 24.4 Å². The Balaban J connectivity index is 1.13. The van der Waals surface area contributed by atoms with E-state index in [1.54, 1.807) is 17.0 Å². The molecule has 23 heteroatoms. The highest BCUT2D eigenvalue weighted by atomic mass is 32.1. The van der Waals surface area contributed by atoms with Crippen LogP contribution in [-0.2, 0) is 14.2 Å². The number of isothiocyanates is 1. The summed E-state index contributed by atoms with van der Waals surface area (Å²) in [6, 6.07) is 17.4. The Hall–Kier alpha value is -7.11. The van der Waals surface area contributed by atoms with Gasteiger partial charge in [0.25, 0.3) is 23.6 Å². The SMILES string of the molecule is O=C(NCCN(CCNC(=O)c1cccc(O)c1O)CCNC(=O)c1ccc(C(=O)NCCOCCOCCOCCNC(=S)Nc2ccc(N=C=S)cc2)c(O)c1O)c1cccc(O)c1O. The molecule has 21 nitrogen and oxygen atoms in total. The van der Waals surface area contributed by atoms with E-state index in [2.05, 4.69) is 54.3 Å². The molecule has 4 rings (SSSR count). The second kappa shape index (κ2) is 28.0. The number of thiocarbonyl (C=S) groups is 2. The number of phenols is 6. The molecule has 0 aliphatic carbocycles. The third-order valence-corrected chi connectivity index (χ3v) is 9.75. The number of ether oxygens (including phenoxy) is 3. The van der Waals surface area contributed by atoms with Crippen LogP contribution in [0.5, 0.6) is 34.5 Å². The zero-order valence-electron chi connectivity index (χ0n) is 36.1. The molecule has 67 heavy (non-hydrogen) atoms. The molecule has 0 heterocycles. The molecule has 4 amide bonds. The Labute approximate surface area is 395 Å². The van der Waals surface area contributed by atoms with Crippen molar-refractivity contribution in [1.82, 2.24) is 31.5 Å². The maximum Gasteiger partial charge on any atom is 0.255 e. The topological polar surface area (TPSA) is 305 Å². The molecule has 0 aliphatic heterocycles. The molecule has 0 aliphatic rings. The minimum absolute atomic E-state index is 0.0151. The van der Waals surface area contributed by atoms with Crippen LogP contribution in [0.2, 0.25) is 0 Å². The van der Waals surface area contributed by atoms with E-state index in [-0.39, 0.29) is 87.9 Å². The Morgan fingerprint density at radius 2 is 0.896 bits per heavy atom. The van der Waals surface area contributed by atoms with E-state index < -0.39 is 58.1 Å². The lowest BCUT2D eigenvalue weighted by atomic mass is 10.1. The van der Waals surface area contributed by atoms with Crippen molar-refractivity contribution in [3.63, 3.8) is 0 Å². The van der Waals surface area contributed by atoms with Crippen molar-refractivity contribution in [1.29, 1.82) is 0 Å².